The molecule has 1 aromatic heterocycles. The van der Waals surface area contributed by atoms with Crippen molar-refractivity contribution in [3.8, 4) is 11.8 Å². The highest BCUT2D eigenvalue weighted by Gasteiger charge is 2.17. The Morgan fingerprint density at radius 2 is 1.96 bits per heavy atom. The van der Waals surface area contributed by atoms with Crippen LogP contribution in [0.4, 0.5) is 15.8 Å². The molecule has 0 unspecified atom stereocenters. The van der Waals surface area contributed by atoms with Gasteiger partial charge in [-0.1, -0.05) is 47.6 Å². The molecule has 0 saturated heterocycles. The summed E-state index contributed by atoms with van der Waals surface area (Å²) in [5, 5.41) is 16.9. The van der Waals surface area contributed by atoms with Crippen molar-refractivity contribution in [2.24, 2.45) is 5.73 Å². The van der Waals surface area contributed by atoms with E-state index in [1.54, 1.807) is 0 Å². The normalized spacial score (nSPS) is 10.0. The Hall–Kier alpha value is -3.41. The molecule has 0 aliphatic rings. The van der Waals surface area contributed by atoms with Crippen LogP contribution in [0.15, 0.2) is 42.5 Å². The van der Waals surface area contributed by atoms with E-state index >= 15 is 0 Å². The van der Waals surface area contributed by atoms with Crippen molar-refractivity contribution in [3.63, 3.8) is 0 Å². The van der Waals surface area contributed by atoms with Crippen molar-refractivity contribution >= 4 is 49.7 Å². The second kappa shape index (κ2) is 7.65. The highest BCUT2D eigenvalue weighted by atomic mass is 32.1. The number of carbonyl (C=O) groups excluding carboxylic acids is 2. The monoisotopic (exact) mass is 366 g/mol. The lowest BCUT2D eigenvalue weighted by Crippen LogP contribution is -2.16. The second-order valence-corrected chi connectivity index (χ2v) is 6.16. The number of amides is 2. The van der Waals surface area contributed by atoms with E-state index in [9.17, 15) is 9.59 Å². The molecule has 3 aromatic rings. The number of benzene rings is 2. The first-order valence-corrected chi connectivity index (χ1v) is 8.35. The number of hydrogen-bond donors (Lipinski definition) is 4. The topological polar surface area (TPSA) is 117 Å². The number of rotatable bonds is 4. The molecule has 0 bridgehead atoms. The minimum Gasteiger partial charge on any atom is -0.384 e. The Labute approximate surface area is 152 Å². The molecule has 2 amide bonds. The summed E-state index contributed by atoms with van der Waals surface area (Å²) in [5.41, 5.74) is 6.05. The van der Waals surface area contributed by atoms with Gasteiger partial charge < -0.3 is 21.5 Å². The quantitative estimate of drug-likeness (QED) is 0.527. The number of aromatic nitrogens is 1. The molecule has 1 heterocycles. The molecular weight excluding hydrogens is 352 g/mol. The number of primary amides is 1. The highest BCUT2D eigenvalue weighted by molar-refractivity contribution is 7.20. The summed E-state index contributed by atoms with van der Waals surface area (Å²) in [6.45, 7) is -0.437. The number of hydrogen-bond acceptors (Lipinski definition) is 6. The minimum absolute atomic E-state index is 0.0579. The van der Waals surface area contributed by atoms with E-state index in [2.05, 4.69) is 27.5 Å². The maximum absolute atomic E-state index is 11.7. The third kappa shape index (κ3) is 3.97. The van der Waals surface area contributed by atoms with Gasteiger partial charge in [0.15, 0.2) is 10.8 Å². The van der Waals surface area contributed by atoms with Crippen LogP contribution in [0.25, 0.3) is 10.8 Å². The number of carbonyl (C=O) groups is 2. The van der Waals surface area contributed by atoms with Gasteiger partial charge in [0.05, 0.1) is 0 Å². The first-order valence-electron chi connectivity index (χ1n) is 7.54. The Bertz CT molecular complexity index is 1050. The average molecular weight is 366 g/mol. The summed E-state index contributed by atoms with van der Waals surface area (Å²) in [4.78, 5) is 27.4. The maximum atomic E-state index is 11.7. The number of nitrogens with zero attached hydrogens (tertiary/aromatic N) is 1. The molecule has 2 aromatic carbocycles. The number of fused-ring (bicyclic) bond motifs is 1. The third-order valence-electron chi connectivity index (χ3n) is 3.37. The molecule has 8 heteroatoms. The fourth-order valence-electron chi connectivity index (χ4n) is 2.27. The van der Waals surface area contributed by atoms with Gasteiger partial charge in [-0.2, -0.15) is 0 Å². The predicted octanol–water partition coefficient (Wildman–Crippen LogP) is 2.07. The van der Waals surface area contributed by atoms with E-state index in [-0.39, 0.29) is 10.7 Å². The van der Waals surface area contributed by atoms with Crippen LogP contribution >= 0.6 is 11.3 Å². The Morgan fingerprint density at radius 3 is 2.69 bits per heavy atom. The molecule has 0 saturated carbocycles. The van der Waals surface area contributed by atoms with Gasteiger partial charge in [0.1, 0.15) is 11.6 Å². The van der Waals surface area contributed by atoms with Crippen LogP contribution in [-0.2, 0) is 4.79 Å². The predicted molar refractivity (Wildman–Crippen MR) is 101 cm³/mol. The van der Waals surface area contributed by atoms with Crippen LogP contribution in [0.1, 0.15) is 10.5 Å². The second-order valence-electron chi connectivity index (χ2n) is 5.16. The Kier molecular flexibility index (Phi) is 5.12. The molecule has 0 aliphatic heterocycles. The highest BCUT2D eigenvalue weighted by Crippen LogP contribution is 2.31. The summed E-state index contributed by atoms with van der Waals surface area (Å²) in [6, 6.07) is 13.7. The van der Waals surface area contributed by atoms with Gasteiger partial charge in [0.2, 0.25) is 0 Å². The van der Waals surface area contributed by atoms with Gasteiger partial charge in [-0.25, -0.2) is 4.98 Å². The molecule has 0 spiro atoms. The maximum Gasteiger partial charge on any atom is 0.301 e. The first-order chi connectivity index (χ1) is 12.6. The zero-order chi connectivity index (χ0) is 18.5. The van der Waals surface area contributed by atoms with Crippen LogP contribution in [0.2, 0.25) is 0 Å². The molecular formula is C18H14N4O3S. The first kappa shape index (κ1) is 17.4. The molecule has 7 nitrogen and oxygen atoms in total. The zero-order valence-corrected chi connectivity index (χ0v) is 14.3. The fraction of sp³-hybridized carbons (Fsp3) is 0.0556. The summed E-state index contributed by atoms with van der Waals surface area (Å²) < 4.78 is 0. The summed E-state index contributed by atoms with van der Waals surface area (Å²) in [5.74, 6) is 2.98. The molecule has 130 valence electrons. The van der Waals surface area contributed by atoms with E-state index in [1.165, 1.54) is 0 Å². The van der Waals surface area contributed by atoms with Crippen molar-refractivity contribution in [2.45, 2.75) is 0 Å². The number of thiazole rings is 1. The number of nitrogens with one attached hydrogen (secondary N) is 2. The Morgan fingerprint density at radius 1 is 1.19 bits per heavy atom. The fourth-order valence-corrected chi connectivity index (χ4v) is 3.16. The molecule has 3 rings (SSSR count). The van der Waals surface area contributed by atoms with Crippen LogP contribution in [0.3, 0.4) is 0 Å². The molecule has 0 fully saturated rings. The summed E-state index contributed by atoms with van der Waals surface area (Å²) in [6.07, 6.45) is 0. The Balaban J connectivity index is 1.86. The number of nitrogens with two attached hydrogens (primary N) is 1. The number of aliphatic hydroxyl groups excluding tert-OH is 1. The number of aliphatic hydroxyl groups is 1. The van der Waals surface area contributed by atoms with Crippen LogP contribution in [-0.4, -0.2) is 28.5 Å². The van der Waals surface area contributed by atoms with Gasteiger partial charge in [0, 0.05) is 5.69 Å². The summed E-state index contributed by atoms with van der Waals surface area (Å²) >= 11 is 1.06. The largest absolute Gasteiger partial charge is 0.384 e. The van der Waals surface area contributed by atoms with Gasteiger partial charge in [0.25, 0.3) is 5.91 Å². The molecule has 26 heavy (non-hydrogen) atoms. The van der Waals surface area contributed by atoms with Crippen LogP contribution in [0.5, 0.6) is 0 Å². The van der Waals surface area contributed by atoms with Gasteiger partial charge in [-0.05, 0) is 28.8 Å². The van der Waals surface area contributed by atoms with E-state index < -0.39 is 18.4 Å². The molecule has 0 aliphatic carbocycles. The van der Waals surface area contributed by atoms with E-state index in [4.69, 9.17) is 10.8 Å². The van der Waals surface area contributed by atoms with Crippen molar-refractivity contribution in [2.75, 3.05) is 17.2 Å². The third-order valence-corrected chi connectivity index (χ3v) is 4.26. The van der Waals surface area contributed by atoms with E-state index in [1.807, 2.05) is 42.5 Å². The van der Waals surface area contributed by atoms with Gasteiger partial charge in [-0.3, -0.25) is 9.59 Å². The minimum atomic E-state index is -0.766. The van der Waals surface area contributed by atoms with Crippen molar-refractivity contribution in [3.05, 3.63) is 48.2 Å². The van der Waals surface area contributed by atoms with Crippen LogP contribution < -0.4 is 16.4 Å². The average Bonchev–Trinajstić information content (AvgIpc) is 3.02. The lowest BCUT2D eigenvalue weighted by atomic mass is 10.1. The van der Waals surface area contributed by atoms with Gasteiger partial charge in [-0.15, -0.1) is 0 Å². The molecule has 0 atom stereocenters. The van der Waals surface area contributed by atoms with E-state index in [0.717, 1.165) is 27.8 Å². The molecule has 5 N–H and O–H groups in total. The van der Waals surface area contributed by atoms with Crippen molar-refractivity contribution < 1.29 is 14.7 Å². The van der Waals surface area contributed by atoms with Crippen molar-refractivity contribution in [1.29, 1.82) is 0 Å². The van der Waals surface area contributed by atoms with E-state index in [0.29, 0.717) is 5.13 Å². The smallest absolute Gasteiger partial charge is 0.301 e. The summed E-state index contributed by atoms with van der Waals surface area (Å²) in [7, 11) is 0. The molecule has 0 radical (unpaired) electrons. The number of anilines is 3. The standard InChI is InChI=1S/C18H14N4O3S/c19-16(25)15-17(21-14(24)6-3-9-23)26-18(22-15)20-13-8-7-11-4-1-2-5-12(11)10-13/h1-2,4-5,7-8,10,23H,9H2,(H2,19,25)(H,20,22)(H,21,24). The lowest BCUT2D eigenvalue weighted by Gasteiger charge is -2.04. The van der Waals surface area contributed by atoms with Crippen LogP contribution in [0, 0.1) is 11.8 Å². The SMILES string of the molecule is NC(=O)c1nc(Nc2ccc3ccccc3c2)sc1NC(=O)C#CCO. The zero-order valence-electron chi connectivity index (χ0n) is 13.4. The van der Waals surface area contributed by atoms with Gasteiger partial charge >= 0.3 is 5.91 Å². The lowest BCUT2D eigenvalue weighted by molar-refractivity contribution is -0.111. The van der Waals surface area contributed by atoms with Crippen molar-refractivity contribution in [1.82, 2.24) is 4.98 Å².